The summed E-state index contributed by atoms with van der Waals surface area (Å²) in [4.78, 5) is -0.426. The summed E-state index contributed by atoms with van der Waals surface area (Å²) in [7, 11) is -4.01. The maximum Gasteiger partial charge on any atom is 0.430 e. The molecule has 0 aliphatic carbocycles. The van der Waals surface area contributed by atoms with E-state index in [9.17, 15) is 39.9 Å². The molecule has 1 aromatic rings. The molecule has 0 saturated carbocycles. The van der Waals surface area contributed by atoms with Gasteiger partial charge in [0.05, 0.1) is 4.90 Å². The number of hydrogen-bond donors (Lipinski definition) is 1. The highest BCUT2D eigenvalue weighted by Crippen LogP contribution is 2.50. The van der Waals surface area contributed by atoms with E-state index < -0.39 is 38.4 Å². The molecule has 0 bridgehead atoms. The van der Waals surface area contributed by atoms with Gasteiger partial charge in [-0.3, -0.25) is 0 Å². The minimum absolute atomic E-state index is 0.235. The third-order valence-corrected chi connectivity index (χ3v) is 5.96. The number of aliphatic hydroxyl groups is 1. The third-order valence-electron chi connectivity index (χ3n) is 4.05. The van der Waals surface area contributed by atoms with Crippen molar-refractivity contribution < 1.29 is 39.9 Å². The van der Waals surface area contributed by atoms with Gasteiger partial charge in [-0.15, -0.1) is 0 Å². The summed E-state index contributed by atoms with van der Waals surface area (Å²) in [5, 5.41) is 9.29. The molecule has 1 aliphatic heterocycles. The van der Waals surface area contributed by atoms with Gasteiger partial charge in [0.25, 0.3) is 5.60 Å². The second-order valence-corrected chi connectivity index (χ2v) is 7.63. The van der Waals surface area contributed by atoms with Gasteiger partial charge in [-0.2, -0.15) is 30.6 Å². The van der Waals surface area contributed by atoms with E-state index in [1.165, 1.54) is 0 Å². The number of alkyl halides is 6. The zero-order chi connectivity index (χ0) is 19.1. The molecule has 4 nitrogen and oxygen atoms in total. The molecule has 1 saturated heterocycles. The number of hydrogen-bond acceptors (Lipinski definition) is 3. The normalized spacial score (nSPS) is 18.4. The van der Waals surface area contributed by atoms with Gasteiger partial charge in [-0.1, -0.05) is 18.6 Å². The number of benzene rings is 1. The van der Waals surface area contributed by atoms with E-state index in [1.807, 2.05) is 0 Å². The number of nitrogens with zero attached hydrogens (tertiary/aromatic N) is 1. The predicted molar refractivity (Wildman–Crippen MR) is 75.1 cm³/mol. The van der Waals surface area contributed by atoms with Gasteiger partial charge >= 0.3 is 12.4 Å². The van der Waals surface area contributed by atoms with Crippen molar-refractivity contribution >= 4 is 10.0 Å². The molecule has 0 aromatic heterocycles. The zero-order valence-electron chi connectivity index (χ0n) is 12.7. The van der Waals surface area contributed by atoms with Crippen LogP contribution < -0.4 is 0 Å². The van der Waals surface area contributed by atoms with Crippen molar-refractivity contribution in [2.75, 3.05) is 13.1 Å². The lowest BCUT2D eigenvalue weighted by molar-refractivity contribution is -0.376. The SMILES string of the molecule is O=S(=O)(c1ccc(C(O)(C(F)(F)F)C(F)(F)F)cc1)N1CCCCC1. The highest BCUT2D eigenvalue weighted by atomic mass is 32.2. The molecule has 1 heterocycles. The molecular formula is C14H15F6NO3S. The molecule has 142 valence electrons. The Morgan fingerprint density at radius 2 is 1.28 bits per heavy atom. The number of piperidine rings is 1. The fourth-order valence-electron chi connectivity index (χ4n) is 2.61. The van der Waals surface area contributed by atoms with Gasteiger partial charge < -0.3 is 5.11 Å². The minimum atomic E-state index is -6.02. The Hall–Kier alpha value is -1.33. The molecule has 0 radical (unpaired) electrons. The van der Waals surface area contributed by atoms with Gasteiger partial charge in [-0.25, -0.2) is 8.42 Å². The van der Waals surface area contributed by atoms with Crippen molar-refractivity contribution in [3.05, 3.63) is 29.8 Å². The second kappa shape index (κ2) is 6.44. The lowest BCUT2D eigenvalue weighted by Crippen LogP contribution is -2.53. The number of sulfonamides is 1. The van der Waals surface area contributed by atoms with Crippen molar-refractivity contribution in [1.29, 1.82) is 0 Å². The molecule has 0 amide bonds. The molecule has 0 unspecified atom stereocenters. The van der Waals surface area contributed by atoms with Gasteiger partial charge in [0.1, 0.15) is 0 Å². The zero-order valence-corrected chi connectivity index (χ0v) is 13.5. The van der Waals surface area contributed by atoms with E-state index >= 15 is 0 Å². The van der Waals surface area contributed by atoms with Crippen LogP contribution in [0.1, 0.15) is 24.8 Å². The first kappa shape index (κ1) is 20.0. The lowest BCUT2D eigenvalue weighted by atomic mass is 9.92. The average molecular weight is 391 g/mol. The van der Waals surface area contributed by atoms with Crippen molar-refractivity contribution in [1.82, 2.24) is 4.31 Å². The topological polar surface area (TPSA) is 57.6 Å². The Labute approximate surface area is 140 Å². The first-order chi connectivity index (χ1) is 11.3. The van der Waals surface area contributed by atoms with Crippen LogP contribution in [0.3, 0.4) is 0 Å². The number of halogens is 6. The summed E-state index contributed by atoms with van der Waals surface area (Å²) < 4.78 is 103. The molecule has 1 aromatic carbocycles. The lowest BCUT2D eigenvalue weighted by Gasteiger charge is -2.32. The maximum absolute atomic E-state index is 12.8. The van der Waals surface area contributed by atoms with Crippen LogP contribution in [0.25, 0.3) is 0 Å². The summed E-state index contributed by atoms with van der Waals surface area (Å²) in [5.74, 6) is 0. The fourth-order valence-corrected chi connectivity index (χ4v) is 4.13. The third kappa shape index (κ3) is 3.49. The highest BCUT2D eigenvalue weighted by molar-refractivity contribution is 7.89. The summed E-state index contributed by atoms with van der Waals surface area (Å²) in [5.41, 5.74) is -6.57. The predicted octanol–water partition coefficient (Wildman–Crippen LogP) is 3.17. The van der Waals surface area contributed by atoms with Crippen molar-refractivity contribution in [3.63, 3.8) is 0 Å². The Balaban J connectivity index is 2.42. The van der Waals surface area contributed by atoms with Crippen LogP contribution in [0.5, 0.6) is 0 Å². The van der Waals surface area contributed by atoms with Crippen LogP contribution in [0.4, 0.5) is 26.3 Å². The Kier molecular flexibility index (Phi) is 5.15. The van der Waals surface area contributed by atoms with Crippen LogP contribution >= 0.6 is 0 Å². The van der Waals surface area contributed by atoms with Crippen molar-refractivity contribution in [2.24, 2.45) is 0 Å². The van der Waals surface area contributed by atoms with E-state index in [4.69, 9.17) is 0 Å². The molecule has 11 heteroatoms. The van der Waals surface area contributed by atoms with E-state index in [0.717, 1.165) is 10.7 Å². The maximum atomic E-state index is 12.8. The molecule has 2 rings (SSSR count). The standard InChI is InChI=1S/C14H15F6NO3S/c15-13(16,17)12(22,14(18,19)20)10-4-6-11(7-5-10)25(23,24)21-8-2-1-3-9-21/h4-7,22H,1-3,8-9H2. The first-order valence-corrected chi connectivity index (χ1v) is 8.72. The molecule has 25 heavy (non-hydrogen) atoms. The fraction of sp³-hybridized carbons (Fsp3) is 0.571. The first-order valence-electron chi connectivity index (χ1n) is 7.28. The molecule has 0 spiro atoms. The molecular weight excluding hydrogens is 376 g/mol. The van der Waals surface area contributed by atoms with Crippen LogP contribution in [0.15, 0.2) is 29.2 Å². The second-order valence-electron chi connectivity index (χ2n) is 5.70. The molecule has 1 aliphatic rings. The van der Waals surface area contributed by atoms with Gasteiger partial charge in [0.2, 0.25) is 10.0 Å². The highest BCUT2D eigenvalue weighted by Gasteiger charge is 2.71. The quantitative estimate of drug-likeness (QED) is 0.806. The average Bonchev–Trinajstić information content (AvgIpc) is 2.53. The van der Waals surface area contributed by atoms with E-state index in [2.05, 4.69) is 0 Å². The monoisotopic (exact) mass is 391 g/mol. The minimum Gasteiger partial charge on any atom is -0.369 e. The van der Waals surface area contributed by atoms with Crippen LogP contribution in [0.2, 0.25) is 0 Å². The van der Waals surface area contributed by atoms with Crippen LogP contribution in [-0.4, -0.2) is 43.3 Å². The molecule has 0 atom stereocenters. The largest absolute Gasteiger partial charge is 0.430 e. The van der Waals surface area contributed by atoms with Gasteiger partial charge in [-0.05, 0) is 25.0 Å². The van der Waals surface area contributed by atoms with Crippen LogP contribution in [-0.2, 0) is 15.6 Å². The summed E-state index contributed by atoms with van der Waals surface area (Å²) in [6.07, 6.45) is -9.94. The van der Waals surface area contributed by atoms with Gasteiger partial charge in [0.15, 0.2) is 0 Å². The summed E-state index contributed by atoms with van der Waals surface area (Å²) in [6, 6.07) is 1.94. The van der Waals surface area contributed by atoms with Gasteiger partial charge in [0, 0.05) is 18.7 Å². The molecule has 1 fully saturated rings. The Morgan fingerprint density at radius 1 is 0.840 bits per heavy atom. The summed E-state index contributed by atoms with van der Waals surface area (Å²) >= 11 is 0. The van der Waals surface area contributed by atoms with E-state index in [0.29, 0.717) is 37.1 Å². The van der Waals surface area contributed by atoms with E-state index in [-0.39, 0.29) is 13.1 Å². The Morgan fingerprint density at radius 3 is 1.68 bits per heavy atom. The number of rotatable bonds is 3. The molecule has 1 N–H and O–H groups in total. The smallest absolute Gasteiger partial charge is 0.369 e. The summed E-state index contributed by atoms with van der Waals surface area (Å²) in [6.45, 7) is 0.470. The Bertz CT molecular complexity index is 692. The van der Waals surface area contributed by atoms with Crippen molar-refractivity contribution in [3.8, 4) is 0 Å². The van der Waals surface area contributed by atoms with Crippen LogP contribution in [0, 0.1) is 0 Å². The van der Waals surface area contributed by atoms with E-state index in [1.54, 1.807) is 0 Å². The van der Waals surface area contributed by atoms with Crippen molar-refractivity contribution in [2.45, 2.75) is 42.1 Å².